The Morgan fingerprint density at radius 2 is 2.20 bits per heavy atom. The maximum atomic E-state index is 12.6. The van der Waals surface area contributed by atoms with Crippen LogP contribution in [0, 0.1) is 5.92 Å². The maximum absolute atomic E-state index is 12.6. The number of nitrogens with two attached hydrogens (primary N) is 1. The predicted molar refractivity (Wildman–Crippen MR) is 86.6 cm³/mol. The van der Waals surface area contributed by atoms with Crippen LogP contribution in [0.2, 0.25) is 0 Å². The summed E-state index contributed by atoms with van der Waals surface area (Å²) in [5, 5.41) is 0. The number of thiocarbonyl (C=S) groups is 1. The van der Waals surface area contributed by atoms with Gasteiger partial charge in [0, 0.05) is 13.1 Å². The van der Waals surface area contributed by atoms with E-state index in [4.69, 9.17) is 18.0 Å². The third-order valence-electron chi connectivity index (χ3n) is 3.80. The van der Waals surface area contributed by atoms with Crippen molar-refractivity contribution in [1.29, 1.82) is 0 Å². The summed E-state index contributed by atoms with van der Waals surface area (Å²) in [4.78, 5) is 0.901. The van der Waals surface area contributed by atoms with Gasteiger partial charge in [0.1, 0.15) is 9.20 Å². The largest absolute Gasteiger partial charge is 0.389 e. The minimum Gasteiger partial charge on any atom is -0.389 e. The molecule has 1 aromatic heterocycles. The van der Waals surface area contributed by atoms with Crippen molar-refractivity contribution in [2.45, 2.75) is 36.8 Å². The Morgan fingerprint density at radius 1 is 1.45 bits per heavy atom. The van der Waals surface area contributed by atoms with Gasteiger partial charge in [0.2, 0.25) is 0 Å². The van der Waals surface area contributed by atoms with Crippen LogP contribution in [0.3, 0.4) is 0 Å². The maximum Gasteiger partial charge on any atom is 0.252 e. The molecule has 0 aromatic carbocycles. The number of nitrogens with zero attached hydrogens (tertiary/aromatic N) is 1. The molecule has 1 aliphatic rings. The lowest BCUT2D eigenvalue weighted by molar-refractivity contribution is 0.408. The molecule has 20 heavy (non-hydrogen) atoms. The van der Waals surface area contributed by atoms with Crippen LogP contribution in [0.25, 0.3) is 0 Å². The molecule has 0 saturated carbocycles. The van der Waals surface area contributed by atoms with E-state index in [2.05, 4.69) is 6.92 Å². The van der Waals surface area contributed by atoms with Crippen LogP contribution in [-0.4, -0.2) is 30.8 Å². The number of sulfonamides is 1. The summed E-state index contributed by atoms with van der Waals surface area (Å²) in [7, 11) is -3.39. The van der Waals surface area contributed by atoms with Crippen LogP contribution < -0.4 is 5.73 Å². The zero-order valence-electron chi connectivity index (χ0n) is 11.5. The summed E-state index contributed by atoms with van der Waals surface area (Å²) in [6.07, 6.45) is 4.12. The highest BCUT2D eigenvalue weighted by atomic mass is 32.2. The van der Waals surface area contributed by atoms with Gasteiger partial charge in [-0.2, -0.15) is 4.31 Å². The molecule has 0 aliphatic carbocycles. The third-order valence-corrected chi connectivity index (χ3v) is 7.64. The molecule has 112 valence electrons. The van der Waals surface area contributed by atoms with E-state index in [0.29, 0.717) is 28.1 Å². The molecule has 1 aliphatic heterocycles. The second-order valence-corrected chi connectivity index (χ2v) is 8.78. The number of hydrogen-bond acceptors (Lipinski definition) is 4. The van der Waals surface area contributed by atoms with Crippen molar-refractivity contribution in [3.8, 4) is 0 Å². The van der Waals surface area contributed by atoms with Crippen LogP contribution >= 0.6 is 23.6 Å². The Morgan fingerprint density at radius 3 is 2.80 bits per heavy atom. The van der Waals surface area contributed by atoms with Gasteiger partial charge < -0.3 is 5.73 Å². The van der Waals surface area contributed by atoms with Crippen LogP contribution in [0.4, 0.5) is 0 Å². The molecule has 0 radical (unpaired) electrons. The van der Waals surface area contributed by atoms with Crippen molar-refractivity contribution in [2.24, 2.45) is 11.7 Å². The van der Waals surface area contributed by atoms with Crippen LogP contribution in [0.15, 0.2) is 16.3 Å². The van der Waals surface area contributed by atoms with Crippen molar-refractivity contribution in [3.05, 3.63) is 17.0 Å². The number of hydrogen-bond donors (Lipinski definition) is 1. The summed E-state index contributed by atoms with van der Waals surface area (Å²) in [6, 6.07) is 3.29. The third kappa shape index (κ3) is 3.39. The van der Waals surface area contributed by atoms with Gasteiger partial charge in [-0.1, -0.05) is 25.6 Å². The molecular formula is C13H20N2O2S3. The quantitative estimate of drug-likeness (QED) is 0.861. The van der Waals surface area contributed by atoms with Gasteiger partial charge in [0.05, 0.1) is 4.88 Å². The Labute approximate surface area is 130 Å². The lowest BCUT2D eigenvalue weighted by Gasteiger charge is -2.19. The molecular weight excluding hydrogens is 312 g/mol. The fourth-order valence-electron chi connectivity index (χ4n) is 2.51. The highest BCUT2D eigenvalue weighted by Gasteiger charge is 2.28. The molecule has 0 bridgehead atoms. The van der Waals surface area contributed by atoms with E-state index in [1.807, 2.05) is 0 Å². The molecule has 1 fully saturated rings. The Bertz CT molecular complexity index is 580. The first-order chi connectivity index (χ1) is 9.45. The van der Waals surface area contributed by atoms with Crippen LogP contribution in [0.5, 0.6) is 0 Å². The number of rotatable bonds is 4. The minimum atomic E-state index is -3.39. The fourth-order valence-corrected chi connectivity index (χ4v) is 5.51. The summed E-state index contributed by atoms with van der Waals surface area (Å²) in [5.41, 5.74) is 5.54. The van der Waals surface area contributed by atoms with Gasteiger partial charge in [-0.3, -0.25) is 0 Å². The lowest BCUT2D eigenvalue weighted by atomic mass is 9.98. The molecule has 1 atom stereocenters. The SMILES string of the molecule is CCC1CCCN(S(=O)(=O)c2ccc(C(N)=S)s2)CC1. The zero-order chi connectivity index (χ0) is 14.8. The molecule has 1 saturated heterocycles. The monoisotopic (exact) mass is 332 g/mol. The second kappa shape index (κ2) is 6.51. The molecule has 2 rings (SSSR count). The van der Waals surface area contributed by atoms with Gasteiger partial charge in [-0.25, -0.2) is 8.42 Å². The lowest BCUT2D eigenvalue weighted by Crippen LogP contribution is -2.31. The summed E-state index contributed by atoms with van der Waals surface area (Å²) < 4.78 is 27.2. The van der Waals surface area contributed by atoms with Gasteiger partial charge in [0.25, 0.3) is 10.0 Å². The van der Waals surface area contributed by atoms with E-state index in [-0.39, 0.29) is 4.99 Å². The van der Waals surface area contributed by atoms with Crippen molar-refractivity contribution >= 4 is 38.6 Å². The van der Waals surface area contributed by atoms with Crippen molar-refractivity contribution in [2.75, 3.05) is 13.1 Å². The average Bonchev–Trinajstić information content (AvgIpc) is 2.78. The number of thiophene rings is 1. The van der Waals surface area contributed by atoms with Crippen molar-refractivity contribution in [1.82, 2.24) is 4.31 Å². The molecule has 1 unspecified atom stereocenters. The highest BCUT2D eigenvalue weighted by Crippen LogP contribution is 2.28. The molecule has 7 heteroatoms. The summed E-state index contributed by atoms with van der Waals surface area (Å²) in [6.45, 7) is 3.39. The molecule has 2 heterocycles. The first-order valence-corrected chi connectivity index (χ1v) is 9.51. The smallest absolute Gasteiger partial charge is 0.252 e. The Kier molecular flexibility index (Phi) is 5.17. The van der Waals surface area contributed by atoms with Crippen LogP contribution in [-0.2, 0) is 10.0 Å². The predicted octanol–water partition coefficient (Wildman–Crippen LogP) is 2.58. The van der Waals surface area contributed by atoms with E-state index in [0.717, 1.165) is 37.0 Å². The topological polar surface area (TPSA) is 63.4 Å². The highest BCUT2D eigenvalue weighted by molar-refractivity contribution is 7.91. The normalized spacial score (nSPS) is 21.6. The van der Waals surface area contributed by atoms with Crippen molar-refractivity contribution < 1.29 is 8.42 Å². The standard InChI is InChI=1S/C13H20N2O2S3/c1-2-10-4-3-8-15(9-7-10)20(16,17)12-6-5-11(19-12)13(14)18/h5-6,10H,2-4,7-9H2,1H3,(H2,14,18). The van der Waals surface area contributed by atoms with Gasteiger partial charge in [0.15, 0.2) is 0 Å². The van der Waals surface area contributed by atoms with Gasteiger partial charge in [-0.05, 0) is 37.3 Å². The van der Waals surface area contributed by atoms with E-state index < -0.39 is 10.0 Å². The fraction of sp³-hybridized carbons (Fsp3) is 0.615. The van der Waals surface area contributed by atoms with E-state index in [1.165, 1.54) is 0 Å². The van der Waals surface area contributed by atoms with Crippen LogP contribution in [0.1, 0.15) is 37.5 Å². The first kappa shape index (κ1) is 15.9. The molecule has 0 spiro atoms. The zero-order valence-corrected chi connectivity index (χ0v) is 14.0. The molecule has 4 nitrogen and oxygen atoms in total. The second-order valence-electron chi connectivity index (χ2n) is 5.09. The van der Waals surface area contributed by atoms with E-state index in [1.54, 1.807) is 16.4 Å². The van der Waals surface area contributed by atoms with E-state index >= 15 is 0 Å². The summed E-state index contributed by atoms with van der Waals surface area (Å²) in [5.74, 6) is 0.644. The molecule has 0 amide bonds. The molecule has 1 aromatic rings. The van der Waals surface area contributed by atoms with Gasteiger partial charge >= 0.3 is 0 Å². The first-order valence-electron chi connectivity index (χ1n) is 6.85. The molecule has 2 N–H and O–H groups in total. The minimum absolute atomic E-state index is 0.248. The van der Waals surface area contributed by atoms with Gasteiger partial charge in [-0.15, -0.1) is 11.3 Å². The summed E-state index contributed by atoms with van der Waals surface area (Å²) >= 11 is 6.05. The van der Waals surface area contributed by atoms with E-state index in [9.17, 15) is 8.42 Å². The average molecular weight is 333 g/mol. The Balaban J connectivity index is 2.18. The Hall–Kier alpha value is -0.500. The van der Waals surface area contributed by atoms with Crippen molar-refractivity contribution in [3.63, 3.8) is 0 Å².